The van der Waals surface area contributed by atoms with Crippen LogP contribution in [0.3, 0.4) is 0 Å². The minimum atomic E-state index is 0.117. The zero-order chi connectivity index (χ0) is 15.6. The summed E-state index contributed by atoms with van der Waals surface area (Å²) in [7, 11) is 0. The van der Waals surface area contributed by atoms with Gasteiger partial charge in [-0.25, -0.2) is 0 Å². The average molecular weight is 317 g/mol. The van der Waals surface area contributed by atoms with Gasteiger partial charge in [-0.15, -0.1) is 11.8 Å². The fourth-order valence-corrected chi connectivity index (χ4v) is 3.11. The van der Waals surface area contributed by atoms with Gasteiger partial charge in [0.15, 0.2) is 0 Å². The lowest BCUT2D eigenvalue weighted by Gasteiger charge is -2.20. The van der Waals surface area contributed by atoms with E-state index < -0.39 is 0 Å². The second-order valence-electron chi connectivity index (χ2n) is 5.14. The molecule has 0 saturated carbocycles. The summed E-state index contributed by atoms with van der Waals surface area (Å²) in [4.78, 5) is 3.33. The molecule has 22 heavy (non-hydrogen) atoms. The van der Waals surface area contributed by atoms with Crippen LogP contribution in [0.25, 0.3) is 0 Å². The number of nitrogens with zero attached hydrogens (tertiary/aromatic N) is 1. The fourth-order valence-electron chi connectivity index (χ4n) is 2.24. The maximum Gasteiger partial charge on any atom is 0.0558 e. The number of rotatable bonds is 9. The van der Waals surface area contributed by atoms with Gasteiger partial charge in [0.05, 0.1) is 13.2 Å². The summed E-state index contributed by atoms with van der Waals surface area (Å²) in [5.74, 6) is 0.960. The predicted octanol–water partition coefficient (Wildman–Crippen LogP) is 2.77. The van der Waals surface area contributed by atoms with E-state index in [0.717, 1.165) is 12.3 Å². The highest BCUT2D eigenvalue weighted by atomic mass is 32.2. The minimum absolute atomic E-state index is 0.117. The average Bonchev–Trinajstić information content (AvgIpc) is 2.56. The number of benzene rings is 2. The molecule has 0 aliphatic rings. The van der Waals surface area contributed by atoms with Crippen LogP contribution in [0.1, 0.15) is 11.1 Å². The van der Waals surface area contributed by atoms with Crippen LogP contribution in [-0.2, 0) is 12.3 Å². The first-order valence-electron chi connectivity index (χ1n) is 7.51. The van der Waals surface area contributed by atoms with E-state index in [2.05, 4.69) is 48.5 Å². The van der Waals surface area contributed by atoms with Gasteiger partial charge in [0.1, 0.15) is 0 Å². The molecule has 0 bridgehead atoms. The molecule has 0 aliphatic heterocycles. The molecular formula is C18H23NO2S. The van der Waals surface area contributed by atoms with Crippen molar-refractivity contribution in [2.75, 3.05) is 26.3 Å². The van der Waals surface area contributed by atoms with Crippen LogP contribution in [0.4, 0.5) is 0 Å². The Balaban J connectivity index is 1.86. The van der Waals surface area contributed by atoms with Crippen LogP contribution in [0, 0.1) is 0 Å². The number of aliphatic hydroxyl groups is 2. The highest BCUT2D eigenvalue weighted by Gasteiger charge is 2.05. The van der Waals surface area contributed by atoms with Crippen molar-refractivity contribution >= 4 is 11.8 Å². The molecule has 118 valence electrons. The Bertz CT molecular complexity index is 525. The monoisotopic (exact) mass is 317 g/mol. The largest absolute Gasteiger partial charge is 0.395 e. The summed E-state index contributed by atoms with van der Waals surface area (Å²) in [6.45, 7) is 2.17. The van der Waals surface area contributed by atoms with Gasteiger partial charge in [0.25, 0.3) is 0 Å². The fraction of sp³-hybridized carbons (Fsp3) is 0.333. The molecule has 0 spiro atoms. The molecule has 0 unspecified atom stereocenters. The lowest BCUT2D eigenvalue weighted by molar-refractivity contribution is 0.156. The van der Waals surface area contributed by atoms with Crippen molar-refractivity contribution in [3.8, 4) is 0 Å². The van der Waals surface area contributed by atoms with Gasteiger partial charge in [-0.05, 0) is 23.3 Å². The molecule has 0 fully saturated rings. The quantitative estimate of drug-likeness (QED) is 0.698. The predicted molar refractivity (Wildman–Crippen MR) is 91.9 cm³/mol. The molecule has 0 amide bonds. The molecule has 0 aromatic heterocycles. The summed E-state index contributed by atoms with van der Waals surface area (Å²) in [6.07, 6.45) is 0. The highest BCUT2D eigenvalue weighted by Crippen LogP contribution is 2.22. The smallest absolute Gasteiger partial charge is 0.0558 e. The summed E-state index contributed by atoms with van der Waals surface area (Å²) in [5.41, 5.74) is 2.50. The zero-order valence-electron chi connectivity index (χ0n) is 12.7. The summed E-state index contributed by atoms with van der Waals surface area (Å²) in [5, 5.41) is 18.1. The van der Waals surface area contributed by atoms with E-state index in [1.165, 1.54) is 16.0 Å². The molecule has 2 N–H and O–H groups in total. The molecule has 4 heteroatoms. The van der Waals surface area contributed by atoms with Crippen molar-refractivity contribution in [2.24, 2.45) is 0 Å². The topological polar surface area (TPSA) is 43.7 Å². The van der Waals surface area contributed by atoms with Crippen LogP contribution < -0.4 is 0 Å². The number of hydrogen-bond acceptors (Lipinski definition) is 4. The van der Waals surface area contributed by atoms with Crippen molar-refractivity contribution in [3.63, 3.8) is 0 Å². The van der Waals surface area contributed by atoms with Gasteiger partial charge in [0.2, 0.25) is 0 Å². The number of aliphatic hydroxyl groups excluding tert-OH is 2. The molecule has 0 aliphatic carbocycles. The van der Waals surface area contributed by atoms with Crippen LogP contribution in [-0.4, -0.2) is 41.4 Å². The lowest BCUT2D eigenvalue weighted by Crippen LogP contribution is -2.29. The molecule has 0 radical (unpaired) electrons. The van der Waals surface area contributed by atoms with E-state index in [0.29, 0.717) is 13.1 Å². The van der Waals surface area contributed by atoms with Crippen molar-refractivity contribution < 1.29 is 10.2 Å². The summed E-state index contributed by atoms with van der Waals surface area (Å²) >= 11 is 1.83. The third-order valence-corrected chi connectivity index (χ3v) is 4.49. The van der Waals surface area contributed by atoms with Crippen molar-refractivity contribution in [1.29, 1.82) is 0 Å². The van der Waals surface area contributed by atoms with Crippen molar-refractivity contribution in [3.05, 3.63) is 65.7 Å². The van der Waals surface area contributed by atoms with E-state index in [9.17, 15) is 0 Å². The van der Waals surface area contributed by atoms with Gasteiger partial charge in [-0.2, -0.15) is 0 Å². The van der Waals surface area contributed by atoms with Crippen LogP contribution in [0.5, 0.6) is 0 Å². The Morgan fingerprint density at radius 3 is 1.95 bits per heavy atom. The molecule has 0 saturated heterocycles. The van der Waals surface area contributed by atoms with E-state index in [1.807, 2.05) is 22.7 Å². The number of hydrogen-bond donors (Lipinski definition) is 2. The van der Waals surface area contributed by atoms with Gasteiger partial charge >= 0.3 is 0 Å². The first-order chi connectivity index (χ1) is 10.8. The Labute approximate surface area is 136 Å². The third kappa shape index (κ3) is 5.81. The first-order valence-corrected chi connectivity index (χ1v) is 8.50. The second-order valence-corrected chi connectivity index (χ2v) is 6.19. The van der Waals surface area contributed by atoms with Gasteiger partial charge < -0.3 is 10.2 Å². The van der Waals surface area contributed by atoms with Crippen LogP contribution >= 0.6 is 11.8 Å². The minimum Gasteiger partial charge on any atom is -0.395 e. The van der Waals surface area contributed by atoms with Crippen molar-refractivity contribution in [2.45, 2.75) is 17.2 Å². The summed E-state index contributed by atoms with van der Waals surface area (Å²) < 4.78 is 0. The normalized spacial score (nSPS) is 11.0. The Morgan fingerprint density at radius 2 is 1.36 bits per heavy atom. The van der Waals surface area contributed by atoms with Gasteiger partial charge in [-0.3, -0.25) is 4.90 Å². The second kappa shape index (κ2) is 9.64. The molecule has 0 atom stereocenters. The van der Waals surface area contributed by atoms with Crippen LogP contribution in [0.2, 0.25) is 0 Å². The molecule has 2 rings (SSSR count). The van der Waals surface area contributed by atoms with Crippen molar-refractivity contribution in [1.82, 2.24) is 4.90 Å². The maximum absolute atomic E-state index is 9.04. The first kappa shape index (κ1) is 17.0. The van der Waals surface area contributed by atoms with E-state index in [-0.39, 0.29) is 13.2 Å². The SMILES string of the molecule is OCCN(CCO)Cc1ccc(CSc2ccccc2)cc1. The Hall–Kier alpha value is -1.33. The standard InChI is InChI=1S/C18H23NO2S/c20-12-10-19(11-13-21)14-16-6-8-17(9-7-16)15-22-18-4-2-1-3-5-18/h1-9,20-21H,10-15H2. The number of thioether (sulfide) groups is 1. The Morgan fingerprint density at radius 1 is 0.773 bits per heavy atom. The maximum atomic E-state index is 9.04. The van der Waals surface area contributed by atoms with Crippen LogP contribution in [0.15, 0.2) is 59.5 Å². The Kier molecular flexibility index (Phi) is 7.46. The van der Waals surface area contributed by atoms with E-state index in [1.54, 1.807) is 0 Å². The van der Waals surface area contributed by atoms with E-state index >= 15 is 0 Å². The lowest BCUT2D eigenvalue weighted by atomic mass is 10.1. The molecule has 2 aromatic carbocycles. The van der Waals surface area contributed by atoms with E-state index in [4.69, 9.17) is 10.2 Å². The molecule has 3 nitrogen and oxygen atoms in total. The van der Waals surface area contributed by atoms with Gasteiger partial charge in [0, 0.05) is 30.3 Å². The highest BCUT2D eigenvalue weighted by molar-refractivity contribution is 7.98. The third-order valence-electron chi connectivity index (χ3n) is 3.41. The molecule has 2 aromatic rings. The molecular weight excluding hydrogens is 294 g/mol. The van der Waals surface area contributed by atoms with Gasteiger partial charge in [-0.1, -0.05) is 42.5 Å². The summed E-state index contributed by atoms with van der Waals surface area (Å²) in [6, 6.07) is 19.0. The zero-order valence-corrected chi connectivity index (χ0v) is 13.5. The molecule has 0 heterocycles.